The van der Waals surface area contributed by atoms with Crippen molar-refractivity contribution in [1.29, 1.82) is 0 Å². The first kappa shape index (κ1) is 34.5. The van der Waals surface area contributed by atoms with Gasteiger partial charge in [0, 0.05) is 91.0 Å². The molecule has 0 heterocycles. The van der Waals surface area contributed by atoms with Crippen LogP contribution in [-0.4, -0.2) is 80.3 Å². The summed E-state index contributed by atoms with van der Waals surface area (Å²) < 4.78 is 6.36. The third kappa shape index (κ3) is 8.88. The van der Waals surface area contributed by atoms with E-state index in [0.717, 1.165) is 45.0 Å². The van der Waals surface area contributed by atoms with E-state index in [9.17, 15) is 0 Å². The lowest BCUT2D eigenvalue weighted by Crippen LogP contribution is -2.25. The van der Waals surface area contributed by atoms with E-state index in [1.165, 1.54) is 0 Å². The molecular formula is C38H48Cl2N4O. The van der Waals surface area contributed by atoms with Crippen LogP contribution in [0.1, 0.15) is 34.1 Å². The number of rotatable bonds is 14. The Labute approximate surface area is 280 Å². The van der Waals surface area contributed by atoms with Crippen LogP contribution in [0.3, 0.4) is 0 Å². The summed E-state index contributed by atoms with van der Waals surface area (Å²) in [4.78, 5) is 8.41. The van der Waals surface area contributed by atoms with Gasteiger partial charge in [-0.2, -0.15) is 0 Å². The highest BCUT2D eigenvalue weighted by molar-refractivity contribution is 6.22. The minimum Gasteiger partial charge on any atom is -0.378 e. The molecule has 0 spiro atoms. The first-order valence-electron chi connectivity index (χ1n) is 15.4. The summed E-state index contributed by atoms with van der Waals surface area (Å²) in [5.74, 6) is -0.0818. The molecule has 4 rings (SSSR count). The van der Waals surface area contributed by atoms with E-state index >= 15 is 0 Å². The number of nitrogens with zero attached hydrogens (tertiary/aromatic N) is 4. The van der Waals surface area contributed by atoms with Gasteiger partial charge in [-0.25, -0.2) is 0 Å². The molecule has 0 bridgehead atoms. The van der Waals surface area contributed by atoms with E-state index in [1.807, 2.05) is 56.4 Å². The van der Waals surface area contributed by atoms with Gasteiger partial charge >= 0.3 is 0 Å². The van der Waals surface area contributed by atoms with Crippen LogP contribution < -0.4 is 19.6 Å². The van der Waals surface area contributed by atoms with Crippen LogP contribution in [0.4, 0.5) is 22.7 Å². The number of benzene rings is 4. The minimum atomic E-state index is -0.290. The standard InChI is InChI=1S/C38H48Cl2N4O/c1-41(2)31-17-9-27(10-18-31)37(28-11-19-32(20-12-28)42(3)4)35(39)25-45-26-36(40)38(29-13-21-33(22-14-29)43(5)6)30-15-23-34(24-16-30)44(7)8/h9-24,35-38H,25-26H2,1-8H3. The Balaban J connectivity index is 1.55. The van der Waals surface area contributed by atoms with Gasteiger partial charge in [0.15, 0.2) is 0 Å². The molecule has 0 aliphatic rings. The molecule has 0 N–H and O–H groups in total. The number of alkyl halides is 2. The molecule has 45 heavy (non-hydrogen) atoms. The highest BCUT2D eigenvalue weighted by Crippen LogP contribution is 2.36. The third-order valence-electron chi connectivity index (χ3n) is 8.35. The average Bonchev–Trinajstić information content (AvgIpc) is 3.02. The SMILES string of the molecule is CN(C)c1ccc(C(c2ccc(N(C)C)cc2)C(Cl)COCC(Cl)C(c2ccc(N(C)C)cc2)c2ccc(N(C)C)cc2)cc1. The highest BCUT2D eigenvalue weighted by atomic mass is 35.5. The van der Waals surface area contributed by atoms with Crippen LogP contribution in [0.2, 0.25) is 0 Å². The maximum atomic E-state index is 7.21. The summed E-state index contributed by atoms with van der Waals surface area (Å²) in [6, 6.07) is 34.5. The molecule has 0 amide bonds. The highest BCUT2D eigenvalue weighted by Gasteiger charge is 2.27. The predicted molar refractivity (Wildman–Crippen MR) is 197 cm³/mol. The Bertz CT molecular complexity index is 1240. The molecule has 0 aliphatic heterocycles. The molecule has 0 saturated carbocycles. The first-order chi connectivity index (χ1) is 21.5. The monoisotopic (exact) mass is 646 g/mol. The van der Waals surface area contributed by atoms with Gasteiger partial charge in [0.05, 0.1) is 24.0 Å². The summed E-state index contributed by atoms with van der Waals surface area (Å²) in [7, 11) is 16.4. The van der Waals surface area contributed by atoms with Gasteiger partial charge < -0.3 is 24.3 Å². The Morgan fingerprint density at radius 2 is 0.600 bits per heavy atom. The van der Waals surface area contributed by atoms with Gasteiger partial charge in [-0.1, -0.05) is 48.5 Å². The molecule has 4 aromatic carbocycles. The summed E-state index contributed by atoms with van der Waals surface area (Å²) in [5, 5.41) is -0.581. The van der Waals surface area contributed by atoms with Crippen LogP contribution in [-0.2, 0) is 4.74 Å². The molecule has 4 aromatic rings. The fourth-order valence-electron chi connectivity index (χ4n) is 5.63. The quantitative estimate of drug-likeness (QED) is 0.129. The van der Waals surface area contributed by atoms with Crippen LogP contribution in [0.25, 0.3) is 0 Å². The summed E-state index contributed by atoms with van der Waals surface area (Å²) in [5.41, 5.74) is 9.22. The topological polar surface area (TPSA) is 22.2 Å². The van der Waals surface area contributed by atoms with Gasteiger partial charge in [0.2, 0.25) is 0 Å². The van der Waals surface area contributed by atoms with E-state index in [0.29, 0.717) is 13.2 Å². The molecule has 5 nitrogen and oxygen atoms in total. The summed E-state index contributed by atoms with van der Waals surface area (Å²) >= 11 is 14.4. The van der Waals surface area contributed by atoms with E-state index in [1.54, 1.807) is 0 Å². The van der Waals surface area contributed by atoms with Gasteiger partial charge in [0.1, 0.15) is 0 Å². The van der Waals surface area contributed by atoms with E-state index < -0.39 is 0 Å². The van der Waals surface area contributed by atoms with Crippen LogP contribution >= 0.6 is 23.2 Å². The van der Waals surface area contributed by atoms with Crippen LogP contribution in [0, 0.1) is 0 Å². The van der Waals surface area contributed by atoms with Crippen LogP contribution in [0.5, 0.6) is 0 Å². The van der Waals surface area contributed by atoms with Crippen molar-refractivity contribution in [2.45, 2.75) is 22.6 Å². The summed E-state index contributed by atoms with van der Waals surface area (Å²) in [6.45, 7) is 0.734. The number of hydrogen-bond acceptors (Lipinski definition) is 5. The van der Waals surface area contributed by atoms with Crippen molar-refractivity contribution in [3.63, 3.8) is 0 Å². The van der Waals surface area contributed by atoms with E-state index in [2.05, 4.69) is 117 Å². The van der Waals surface area contributed by atoms with E-state index in [-0.39, 0.29) is 22.6 Å². The fraction of sp³-hybridized carbons (Fsp3) is 0.368. The Hall–Kier alpha value is -3.38. The number of anilines is 4. The molecule has 0 saturated heterocycles. The normalized spacial score (nSPS) is 12.7. The van der Waals surface area contributed by atoms with E-state index in [4.69, 9.17) is 27.9 Å². The zero-order chi connectivity index (χ0) is 32.7. The van der Waals surface area contributed by atoms with Crippen molar-refractivity contribution in [2.75, 3.05) is 89.2 Å². The second kappa shape index (κ2) is 15.8. The molecular weight excluding hydrogens is 599 g/mol. The fourth-order valence-corrected chi connectivity index (χ4v) is 6.39. The lowest BCUT2D eigenvalue weighted by atomic mass is 9.87. The minimum absolute atomic E-state index is 0.0409. The molecule has 0 fully saturated rings. The second-order valence-corrected chi connectivity index (χ2v) is 13.6. The van der Waals surface area contributed by atoms with Crippen molar-refractivity contribution < 1.29 is 4.74 Å². The molecule has 0 aromatic heterocycles. The Kier molecular flexibility index (Phi) is 12.1. The maximum absolute atomic E-state index is 7.21. The zero-order valence-corrected chi connectivity index (χ0v) is 29.4. The number of halogens is 2. The van der Waals surface area contributed by atoms with Crippen molar-refractivity contribution in [3.8, 4) is 0 Å². The van der Waals surface area contributed by atoms with Crippen molar-refractivity contribution >= 4 is 46.0 Å². The van der Waals surface area contributed by atoms with Gasteiger partial charge in [-0.05, 0) is 70.8 Å². The second-order valence-electron chi connectivity index (χ2n) is 12.5. The predicted octanol–water partition coefficient (Wildman–Crippen LogP) is 8.15. The molecule has 0 aliphatic carbocycles. The third-order valence-corrected chi connectivity index (χ3v) is 9.11. The Morgan fingerprint density at radius 3 is 0.778 bits per heavy atom. The lowest BCUT2D eigenvalue weighted by Gasteiger charge is -2.27. The lowest BCUT2D eigenvalue weighted by molar-refractivity contribution is 0.128. The zero-order valence-electron chi connectivity index (χ0n) is 27.9. The van der Waals surface area contributed by atoms with Crippen molar-refractivity contribution in [3.05, 3.63) is 119 Å². The van der Waals surface area contributed by atoms with Gasteiger partial charge in [0.25, 0.3) is 0 Å². The van der Waals surface area contributed by atoms with Gasteiger partial charge in [-0.3, -0.25) is 0 Å². The van der Waals surface area contributed by atoms with Crippen LogP contribution in [0.15, 0.2) is 97.1 Å². The van der Waals surface area contributed by atoms with Crippen molar-refractivity contribution in [1.82, 2.24) is 0 Å². The largest absolute Gasteiger partial charge is 0.378 e. The molecule has 240 valence electrons. The molecule has 0 radical (unpaired) electrons. The number of ether oxygens (including phenoxy) is 1. The van der Waals surface area contributed by atoms with Gasteiger partial charge in [-0.15, -0.1) is 23.2 Å². The number of hydrogen-bond donors (Lipinski definition) is 0. The maximum Gasteiger partial charge on any atom is 0.0678 e. The first-order valence-corrected chi connectivity index (χ1v) is 16.3. The molecule has 7 heteroatoms. The average molecular weight is 648 g/mol. The van der Waals surface area contributed by atoms with Crippen molar-refractivity contribution in [2.24, 2.45) is 0 Å². The summed E-state index contributed by atoms with van der Waals surface area (Å²) in [6.07, 6.45) is 0. The smallest absolute Gasteiger partial charge is 0.0678 e. The Morgan fingerprint density at radius 1 is 0.400 bits per heavy atom. The molecule has 2 unspecified atom stereocenters. The molecule has 2 atom stereocenters.